The van der Waals surface area contributed by atoms with Crippen LogP contribution < -0.4 is 5.32 Å². The minimum atomic E-state index is -1.09. The molecule has 0 spiro atoms. The van der Waals surface area contributed by atoms with Crippen molar-refractivity contribution in [3.8, 4) is 10.6 Å². The molecule has 0 saturated carbocycles. The van der Waals surface area contributed by atoms with Crippen molar-refractivity contribution in [3.63, 3.8) is 0 Å². The zero-order valence-electron chi connectivity index (χ0n) is 15.7. The number of nitrogens with one attached hydrogen (secondary N) is 1. The molecule has 0 bridgehead atoms. The van der Waals surface area contributed by atoms with Crippen molar-refractivity contribution in [2.45, 2.75) is 12.6 Å². The van der Waals surface area contributed by atoms with Crippen molar-refractivity contribution in [2.75, 3.05) is 11.6 Å². The van der Waals surface area contributed by atoms with Crippen LogP contribution in [-0.4, -0.2) is 39.4 Å². The van der Waals surface area contributed by atoms with Gasteiger partial charge in [-0.3, -0.25) is 9.59 Å². The highest BCUT2D eigenvalue weighted by Gasteiger charge is 2.35. The Morgan fingerprint density at radius 2 is 1.93 bits per heavy atom. The van der Waals surface area contributed by atoms with Crippen molar-refractivity contribution in [1.29, 1.82) is 0 Å². The van der Waals surface area contributed by atoms with E-state index in [2.05, 4.69) is 10.3 Å². The Balaban J connectivity index is 1.40. The Morgan fingerprint density at radius 1 is 1.13 bits per heavy atom. The molecule has 4 rings (SSSR count). The maximum absolute atomic E-state index is 13.5. The first-order chi connectivity index (χ1) is 14.5. The van der Waals surface area contributed by atoms with Crippen LogP contribution in [0.5, 0.6) is 0 Å². The van der Waals surface area contributed by atoms with E-state index in [1.165, 1.54) is 34.1 Å². The molecule has 0 radical (unpaired) electrons. The van der Waals surface area contributed by atoms with E-state index < -0.39 is 23.6 Å². The minimum Gasteiger partial charge on any atom is -0.349 e. The van der Waals surface area contributed by atoms with Gasteiger partial charge in [0, 0.05) is 22.3 Å². The number of halogens is 2. The van der Waals surface area contributed by atoms with Gasteiger partial charge in [0.15, 0.2) is 11.6 Å². The van der Waals surface area contributed by atoms with Crippen molar-refractivity contribution in [3.05, 3.63) is 76.8 Å². The Bertz CT molecular complexity index is 1080. The molecule has 2 amide bonds. The standard InChI is InChI=1S/C21H17F2N3O2S2/c22-16-7-6-14(8-17(16)23)21(28)26-12-29-11-18(26)19(27)24-9-15-10-30-20(25-15)13-4-2-1-3-5-13/h1-8,10,18H,9,11-12H2,(H,24,27)/t18-/m1/s1. The minimum absolute atomic E-state index is 0.0150. The Kier molecular flexibility index (Phi) is 6.10. The summed E-state index contributed by atoms with van der Waals surface area (Å²) in [6, 6.07) is 12.1. The van der Waals surface area contributed by atoms with Crippen molar-refractivity contribution >= 4 is 34.9 Å². The molecule has 1 fully saturated rings. The molecule has 0 aliphatic carbocycles. The molecule has 9 heteroatoms. The third-order valence-corrected chi connectivity index (χ3v) is 6.58. The number of hydrogen-bond donors (Lipinski definition) is 1. The third kappa shape index (κ3) is 4.36. The summed E-state index contributed by atoms with van der Waals surface area (Å²) in [5, 5.41) is 5.58. The molecule has 3 aromatic rings. The van der Waals surface area contributed by atoms with E-state index in [0.717, 1.165) is 28.4 Å². The molecule has 1 atom stereocenters. The summed E-state index contributed by atoms with van der Waals surface area (Å²) < 4.78 is 26.6. The van der Waals surface area contributed by atoms with Gasteiger partial charge in [0.2, 0.25) is 5.91 Å². The summed E-state index contributed by atoms with van der Waals surface area (Å²) in [4.78, 5) is 31.3. The van der Waals surface area contributed by atoms with Crippen LogP contribution in [0.1, 0.15) is 16.1 Å². The highest BCUT2D eigenvalue weighted by molar-refractivity contribution is 7.99. The van der Waals surface area contributed by atoms with Crippen molar-refractivity contribution in [2.24, 2.45) is 0 Å². The average Bonchev–Trinajstić information content (AvgIpc) is 3.44. The van der Waals surface area contributed by atoms with Gasteiger partial charge in [0.25, 0.3) is 5.91 Å². The zero-order chi connectivity index (χ0) is 21.1. The van der Waals surface area contributed by atoms with E-state index in [-0.39, 0.29) is 18.0 Å². The first kappa shape index (κ1) is 20.5. The second-order valence-electron chi connectivity index (χ2n) is 6.65. The van der Waals surface area contributed by atoms with Gasteiger partial charge in [-0.15, -0.1) is 23.1 Å². The molecule has 1 aromatic heterocycles. The van der Waals surface area contributed by atoms with Gasteiger partial charge < -0.3 is 10.2 Å². The van der Waals surface area contributed by atoms with Crippen LogP contribution in [0.2, 0.25) is 0 Å². The van der Waals surface area contributed by atoms with Crippen LogP contribution in [0.4, 0.5) is 8.78 Å². The summed E-state index contributed by atoms with van der Waals surface area (Å²) in [7, 11) is 0. The lowest BCUT2D eigenvalue weighted by molar-refractivity contribution is -0.124. The predicted molar refractivity (Wildman–Crippen MR) is 113 cm³/mol. The number of rotatable bonds is 5. The van der Waals surface area contributed by atoms with E-state index in [4.69, 9.17) is 0 Å². The zero-order valence-corrected chi connectivity index (χ0v) is 17.3. The van der Waals surface area contributed by atoms with E-state index in [1.807, 2.05) is 35.7 Å². The largest absolute Gasteiger partial charge is 0.349 e. The van der Waals surface area contributed by atoms with Gasteiger partial charge in [-0.05, 0) is 18.2 Å². The van der Waals surface area contributed by atoms with Gasteiger partial charge in [0.05, 0.1) is 18.1 Å². The second-order valence-corrected chi connectivity index (χ2v) is 8.51. The fraction of sp³-hybridized carbons (Fsp3) is 0.190. The molecular weight excluding hydrogens is 428 g/mol. The first-order valence-electron chi connectivity index (χ1n) is 9.14. The number of thioether (sulfide) groups is 1. The van der Waals surface area contributed by atoms with Gasteiger partial charge in [-0.25, -0.2) is 13.8 Å². The number of carbonyl (C=O) groups excluding carboxylic acids is 2. The molecular formula is C21H17F2N3O2S2. The van der Waals surface area contributed by atoms with Crippen LogP contribution in [0.25, 0.3) is 10.6 Å². The van der Waals surface area contributed by atoms with E-state index in [0.29, 0.717) is 11.6 Å². The van der Waals surface area contributed by atoms with Gasteiger partial charge in [0.1, 0.15) is 11.0 Å². The summed E-state index contributed by atoms with van der Waals surface area (Å²) in [6.07, 6.45) is 0. The number of nitrogens with zero attached hydrogens (tertiary/aromatic N) is 2. The molecule has 2 aromatic carbocycles. The quantitative estimate of drug-likeness (QED) is 0.647. The SMILES string of the molecule is O=C(NCc1csc(-c2ccccc2)n1)[C@H]1CSCN1C(=O)c1ccc(F)c(F)c1. The lowest BCUT2D eigenvalue weighted by atomic mass is 10.1. The fourth-order valence-electron chi connectivity index (χ4n) is 3.05. The molecule has 5 nitrogen and oxygen atoms in total. The third-order valence-electron chi connectivity index (χ3n) is 4.63. The van der Waals surface area contributed by atoms with Crippen LogP contribution >= 0.6 is 23.1 Å². The number of carbonyl (C=O) groups is 2. The van der Waals surface area contributed by atoms with E-state index >= 15 is 0 Å². The van der Waals surface area contributed by atoms with Crippen LogP contribution in [0.3, 0.4) is 0 Å². The Hall–Kier alpha value is -2.78. The Morgan fingerprint density at radius 3 is 2.70 bits per heavy atom. The summed E-state index contributed by atoms with van der Waals surface area (Å²) >= 11 is 2.93. The molecule has 1 aliphatic heterocycles. The van der Waals surface area contributed by atoms with E-state index in [9.17, 15) is 18.4 Å². The van der Waals surface area contributed by atoms with Crippen molar-refractivity contribution in [1.82, 2.24) is 15.2 Å². The molecule has 154 valence electrons. The van der Waals surface area contributed by atoms with Crippen LogP contribution in [-0.2, 0) is 11.3 Å². The lowest BCUT2D eigenvalue weighted by Crippen LogP contribution is -2.47. The number of aromatic nitrogens is 1. The first-order valence-corrected chi connectivity index (χ1v) is 11.2. The lowest BCUT2D eigenvalue weighted by Gasteiger charge is -2.23. The molecule has 1 saturated heterocycles. The van der Waals surface area contributed by atoms with Gasteiger partial charge >= 0.3 is 0 Å². The normalized spacial score (nSPS) is 15.9. The highest BCUT2D eigenvalue weighted by atomic mass is 32.2. The summed E-state index contributed by atoms with van der Waals surface area (Å²) in [5.74, 6) is -2.16. The van der Waals surface area contributed by atoms with Crippen LogP contribution in [0.15, 0.2) is 53.9 Å². The molecule has 1 N–H and O–H groups in total. The molecule has 2 heterocycles. The smallest absolute Gasteiger partial charge is 0.255 e. The maximum Gasteiger partial charge on any atom is 0.255 e. The monoisotopic (exact) mass is 445 g/mol. The Labute approximate surface area is 180 Å². The number of benzene rings is 2. The summed E-state index contributed by atoms with van der Waals surface area (Å²) in [6.45, 7) is 0.247. The predicted octanol–water partition coefficient (Wildman–Crippen LogP) is 3.92. The fourth-order valence-corrected chi connectivity index (χ4v) is 5.03. The molecule has 30 heavy (non-hydrogen) atoms. The summed E-state index contributed by atoms with van der Waals surface area (Å²) in [5.41, 5.74) is 1.76. The topological polar surface area (TPSA) is 62.3 Å². The number of hydrogen-bond acceptors (Lipinski definition) is 5. The van der Waals surface area contributed by atoms with Gasteiger partial charge in [-0.2, -0.15) is 0 Å². The number of amides is 2. The average molecular weight is 446 g/mol. The molecule has 0 unspecified atom stereocenters. The maximum atomic E-state index is 13.5. The van der Waals surface area contributed by atoms with Gasteiger partial charge in [-0.1, -0.05) is 30.3 Å². The second kappa shape index (κ2) is 8.93. The van der Waals surface area contributed by atoms with E-state index in [1.54, 1.807) is 0 Å². The molecule has 1 aliphatic rings. The van der Waals surface area contributed by atoms with Crippen molar-refractivity contribution < 1.29 is 18.4 Å². The number of thiazole rings is 1. The highest BCUT2D eigenvalue weighted by Crippen LogP contribution is 2.25. The van der Waals surface area contributed by atoms with Crippen LogP contribution in [0, 0.1) is 11.6 Å².